The third-order valence-electron chi connectivity index (χ3n) is 3.62. The van der Waals surface area contributed by atoms with E-state index in [2.05, 4.69) is 10.3 Å². The van der Waals surface area contributed by atoms with Crippen LogP contribution in [0.25, 0.3) is 10.4 Å². The van der Waals surface area contributed by atoms with Crippen molar-refractivity contribution in [3.05, 3.63) is 75.6 Å². The second kappa shape index (κ2) is 7.73. The van der Waals surface area contributed by atoms with Gasteiger partial charge in [0.1, 0.15) is 10.8 Å². The summed E-state index contributed by atoms with van der Waals surface area (Å²) in [7, 11) is 0. The summed E-state index contributed by atoms with van der Waals surface area (Å²) < 4.78 is 52.1. The van der Waals surface area contributed by atoms with Crippen LogP contribution in [0.3, 0.4) is 0 Å². The lowest BCUT2D eigenvalue weighted by Crippen LogP contribution is -2.13. The van der Waals surface area contributed by atoms with E-state index in [-0.39, 0.29) is 6.54 Å². The number of nitrogens with zero attached hydrogens (tertiary/aromatic N) is 1. The molecule has 1 aromatic heterocycles. The molecule has 0 radical (unpaired) electrons. The van der Waals surface area contributed by atoms with E-state index >= 15 is 0 Å². The van der Waals surface area contributed by atoms with Gasteiger partial charge in [-0.2, -0.15) is 13.2 Å². The quantitative estimate of drug-likeness (QED) is 0.538. The summed E-state index contributed by atoms with van der Waals surface area (Å²) in [5.41, 5.74) is 0.145. The van der Waals surface area contributed by atoms with Crippen molar-refractivity contribution in [2.24, 2.45) is 0 Å². The van der Waals surface area contributed by atoms with Gasteiger partial charge in [-0.25, -0.2) is 9.37 Å². The molecule has 8 heteroatoms. The molecular formula is C18H13ClF4N2S. The molecule has 1 N–H and O–H groups in total. The molecule has 0 saturated carbocycles. The molecule has 0 saturated heterocycles. The number of benzene rings is 2. The minimum Gasteiger partial charge on any atom is -0.306 e. The lowest BCUT2D eigenvalue weighted by Gasteiger charge is -2.09. The Hall–Kier alpha value is -1.96. The van der Waals surface area contributed by atoms with Crippen molar-refractivity contribution >= 4 is 22.9 Å². The summed E-state index contributed by atoms with van der Waals surface area (Å²) in [4.78, 5) is 4.81. The van der Waals surface area contributed by atoms with Crippen LogP contribution in [0.1, 0.15) is 16.1 Å². The van der Waals surface area contributed by atoms with Gasteiger partial charge in [0.15, 0.2) is 0 Å². The van der Waals surface area contributed by atoms with Gasteiger partial charge in [0.05, 0.1) is 15.5 Å². The standard InChI is InChI=1S/C18H13ClF4N2S/c19-13-5-2-6-14(20)17(13)15-9-25-16(26-15)10-24-8-11-3-1-4-12(7-11)18(21,22)23/h1-7,9,24H,8,10H2. The van der Waals surface area contributed by atoms with Crippen LogP contribution in [0.2, 0.25) is 5.02 Å². The van der Waals surface area contributed by atoms with E-state index in [1.165, 1.54) is 35.7 Å². The van der Waals surface area contributed by atoms with Gasteiger partial charge in [0.2, 0.25) is 0 Å². The Morgan fingerprint density at radius 2 is 1.85 bits per heavy atom. The number of aromatic nitrogens is 1. The van der Waals surface area contributed by atoms with Gasteiger partial charge < -0.3 is 5.32 Å². The van der Waals surface area contributed by atoms with Crippen LogP contribution < -0.4 is 5.32 Å². The zero-order chi connectivity index (χ0) is 18.7. The number of halogens is 5. The fourth-order valence-electron chi connectivity index (χ4n) is 2.41. The van der Waals surface area contributed by atoms with Crippen molar-refractivity contribution < 1.29 is 17.6 Å². The zero-order valence-electron chi connectivity index (χ0n) is 13.3. The van der Waals surface area contributed by atoms with E-state index in [0.29, 0.717) is 32.6 Å². The number of thiazole rings is 1. The van der Waals surface area contributed by atoms with Crippen LogP contribution in [0, 0.1) is 5.82 Å². The molecule has 3 rings (SSSR count). The molecule has 26 heavy (non-hydrogen) atoms. The Bertz CT molecular complexity index is 888. The Kier molecular flexibility index (Phi) is 5.60. The maximum absolute atomic E-state index is 13.9. The average Bonchev–Trinajstić information content (AvgIpc) is 3.03. The summed E-state index contributed by atoms with van der Waals surface area (Å²) in [6.07, 6.45) is -2.82. The molecule has 136 valence electrons. The highest BCUT2D eigenvalue weighted by Crippen LogP contribution is 2.34. The predicted octanol–water partition coefficient (Wildman–Crippen LogP) is 5.91. The SMILES string of the molecule is Fc1cccc(Cl)c1-c1cnc(CNCc2cccc(C(F)(F)F)c2)s1. The molecule has 0 atom stereocenters. The van der Waals surface area contributed by atoms with E-state index in [0.717, 1.165) is 12.1 Å². The van der Waals surface area contributed by atoms with Crippen molar-refractivity contribution in [3.8, 4) is 10.4 Å². The maximum atomic E-state index is 13.9. The van der Waals surface area contributed by atoms with Crippen molar-refractivity contribution in [2.45, 2.75) is 19.3 Å². The van der Waals surface area contributed by atoms with Crippen molar-refractivity contribution in [2.75, 3.05) is 0 Å². The van der Waals surface area contributed by atoms with E-state index in [9.17, 15) is 17.6 Å². The van der Waals surface area contributed by atoms with Crippen LogP contribution >= 0.6 is 22.9 Å². The summed E-state index contributed by atoms with van der Waals surface area (Å²) >= 11 is 7.32. The Morgan fingerprint density at radius 1 is 1.08 bits per heavy atom. The normalized spacial score (nSPS) is 11.7. The number of rotatable bonds is 5. The fourth-order valence-corrected chi connectivity index (χ4v) is 3.68. The van der Waals surface area contributed by atoms with E-state index in [4.69, 9.17) is 11.6 Å². The zero-order valence-corrected chi connectivity index (χ0v) is 14.9. The Morgan fingerprint density at radius 3 is 2.58 bits per heavy atom. The van der Waals surface area contributed by atoms with Crippen molar-refractivity contribution in [3.63, 3.8) is 0 Å². The number of nitrogens with one attached hydrogen (secondary N) is 1. The number of alkyl halides is 3. The van der Waals surface area contributed by atoms with Gasteiger partial charge in [0.25, 0.3) is 0 Å². The predicted molar refractivity (Wildman–Crippen MR) is 94.5 cm³/mol. The monoisotopic (exact) mass is 400 g/mol. The van der Waals surface area contributed by atoms with Crippen LogP contribution in [-0.2, 0) is 19.3 Å². The summed E-state index contributed by atoms with van der Waals surface area (Å²) in [6, 6.07) is 9.60. The molecule has 0 unspecified atom stereocenters. The number of hydrogen-bond acceptors (Lipinski definition) is 3. The molecule has 2 nitrogen and oxygen atoms in total. The second-order valence-corrected chi connectivity index (χ2v) is 7.04. The fraction of sp³-hybridized carbons (Fsp3) is 0.167. The minimum atomic E-state index is -4.36. The van der Waals surface area contributed by atoms with E-state index < -0.39 is 17.6 Å². The molecular weight excluding hydrogens is 388 g/mol. The molecule has 0 aliphatic rings. The molecule has 0 fully saturated rings. The molecule has 0 spiro atoms. The molecule has 0 amide bonds. The topological polar surface area (TPSA) is 24.9 Å². The molecule has 0 aliphatic heterocycles. The Labute approximate surface area is 156 Å². The maximum Gasteiger partial charge on any atom is 0.416 e. The minimum absolute atomic E-state index is 0.263. The van der Waals surface area contributed by atoms with Gasteiger partial charge in [0, 0.05) is 24.8 Å². The Balaban J connectivity index is 1.64. The lowest BCUT2D eigenvalue weighted by molar-refractivity contribution is -0.137. The van der Waals surface area contributed by atoms with Crippen LogP contribution in [0.15, 0.2) is 48.7 Å². The second-order valence-electron chi connectivity index (χ2n) is 5.52. The van der Waals surface area contributed by atoms with Gasteiger partial charge in [-0.1, -0.05) is 35.9 Å². The largest absolute Gasteiger partial charge is 0.416 e. The van der Waals surface area contributed by atoms with Gasteiger partial charge in [-0.15, -0.1) is 11.3 Å². The lowest BCUT2D eigenvalue weighted by atomic mass is 10.1. The molecule has 1 heterocycles. The highest BCUT2D eigenvalue weighted by molar-refractivity contribution is 7.15. The van der Waals surface area contributed by atoms with Gasteiger partial charge in [-0.3, -0.25) is 0 Å². The molecule has 3 aromatic rings. The first-order chi connectivity index (χ1) is 12.3. The summed E-state index contributed by atoms with van der Waals surface area (Å²) in [5.74, 6) is -0.426. The first-order valence-electron chi connectivity index (χ1n) is 7.60. The van der Waals surface area contributed by atoms with Crippen molar-refractivity contribution in [1.29, 1.82) is 0 Å². The molecule has 0 aliphatic carbocycles. The molecule has 0 bridgehead atoms. The first kappa shape index (κ1) is 18.8. The van der Waals surface area contributed by atoms with Crippen LogP contribution in [0.4, 0.5) is 17.6 Å². The third kappa shape index (κ3) is 4.41. The smallest absolute Gasteiger partial charge is 0.306 e. The van der Waals surface area contributed by atoms with Crippen LogP contribution in [0.5, 0.6) is 0 Å². The third-order valence-corrected chi connectivity index (χ3v) is 4.95. The van der Waals surface area contributed by atoms with E-state index in [1.807, 2.05) is 0 Å². The first-order valence-corrected chi connectivity index (χ1v) is 8.80. The van der Waals surface area contributed by atoms with Gasteiger partial charge in [-0.05, 0) is 23.8 Å². The summed E-state index contributed by atoms with van der Waals surface area (Å²) in [6.45, 7) is 0.617. The number of hydrogen-bond donors (Lipinski definition) is 1. The van der Waals surface area contributed by atoms with Crippen molar-refractivity contribution in [1.82, 2.24) is 10.3 Å². The highest BCUT2D eigenvalue weighted by Gasteiger charge is 2.30. The van der Waals surface area contributed by atoms with E-state index in [1.54, 1.807) is 12.1 Å². The van der Waals surface area contributed by atoms with Gasteiger partial charge >= 0.3 is 6.18 Å². The summed E-state index contributed by atoms with van der Waals surface area (Å²) in [5, 5.41) is 4.03. The average molecular weight is 401 g/mol. The van der Waals surface area contributed by atoms with Crippen LogP contribution in [-0.4, -0.2) is 4.98 Å². The highest BCUT2D eigenvalue weighted by atomic mass is 35.5. The molecule has 2 aromatic carbocycles.